The van der Waals surface area contributed by atoms with Crippen molar-refractivity contribution in [1.82, 2.24) is 19.6 Å². The van der Waals surface area contributed by atoms with Crippen LogP contribution >= 0.6 is 0 Å². The Morgan fingerprint density at radius 3 is 1.77 bits per heavy atom. The minimum absolute atomic E-state index is 0.177. The van der Waals surface area contributed by atoms with Crippen LogP contribution in [-0.4, -0.2) is 98.2 Å². The molecule has 0 N–H and O–H groups in total. The standard InChI is InChI=1S/C36H46F2N4O/c1-28(2)41-23-25-42(26-24-41)36(31-8-14-33(38)15-9-31)27-40-21-19-39(20-22-40)18-4-5-35(29-6-12-32(37)13-7-29)30-10-16-34(43-3)17-11-30/h5-17,28,36H,4,18-27H2,1-3H3/b35-5-. The van der Waals surface area contributed by atoms with Crippen LogP contribution < -0.4 is 4.74 Å². The van der Waals surface area contributed by atoms with Crippen LogP contribution in [0.1, 0.15) is 43.0 Å². The summed E-state index contributed by atoms with van der Waals surface area (Å²) in [5, 5.41) is 0. The van der Waals surface area contributed by atoms with Crippen LogP contribution in [0, 0.1) is 11.6 Å². The van der Waals surface area contributed by atoms with E-state index in [0.717, 1.165) is 94.3 Å². The van der Waals surface area contributed by atoms with Gasteiger partial charge < -0.3 is 9.64 Å². The molecule has 2 heterocycles. The van der Waals surface area contributed by atoms with Crippen molar-refractivity contribution in [1.29, 1.82) is 0 Å². The lowest BCUT2D eigenvalue weighted by molar-refractivity contribution is 0.0484. The van der Waals surface area contributed by atoms with Crippen LogP contribution in [0.2, 0.25) is 0 Å². The Labute approximate surface area is 256 Å². The smallest absolute Gasteiger partial charge is 0.123 e. The molecule has 1 atom stereocenters. The molecule has 2 saturated heterocycles. The highest BCUT2D eigenvalue weighted by Crippen LogP contribution is 2.27. The molecular weight excluding hydrogens is 542 g/mol. The third-order valence-electron chi connectivity index (χ3n) is 9.02. The minimum atomic E-state index is -0.227. The van der Waals surface area contributed by atoms with Gasteiger partial charge in [0.05, 0.1) is 7.11 Å². The monoisotopic (exact) mass is 588 g/mol. The maximum Gasteiger partial charge on any atom is 0.123 e. The van der Waals surface area contributed by atoms with Crippen molar-refractivity contribution in [2.45, 2.75) is 32.4 Å². The van der Waals surface area contributed by atoms with Crippen molar-refractivity contribution in [3.63, 3.8) is 0 Å². The Morgan fingerprint density at radius 2 is 1.21 bits per heavy atom. The van der Waals surface area contributed by atoms with Crippen molar-refractivity contribution in [2.75, 3.05) is 72.6 Å². The molecule has 7 heteroatoms. The maximum absolute atomic E-state index is 13.8. The van der Waals surface area contributed by atoms with Gasteiger partial charge in [0.2, 0.25) is 0 Å². The van der Waals surface area contributed by atoms with Gasteiger partial charge in [-0.1, -0.05) is 42.5 Å². The van der Waals surface area contributed by atoms with E-state index in [1.54, 1.807) is 19.2 Å². The van der Waals surface area contributed by atoms with Crippen molar-refractivity contribution in [3.8, 4) is 5.75 Å². The summed E-state index contributed by atoms with van der Waals surface area (Å²) in [6, 6.07) is 22.8. The summed E-state index contributed by atoms with van der Waals surface area (Å²) in [6.45, 7) is 14.8. The normalized spacial score (nSPS) is 18.7. The molecule has 0 saturated carbocycles. The molecular formula is C36H46F2N4O. The van der Waals surface area contributed by atoms with Gasteiger partial charge in [0.25, 0.3) is 0 Å². The Kier molecular flexibility index (Phi) is 11.0. The predicted molar refractivity (Wildman–Crippen MR) is 171 cm³/mol. The molecule has 230 valence electrons. The molecule has 5 nitrogen and oxygen atoms in total. The zero-order valence-corrected chi connectivity index (χ0v) is 25.9. The van der Waals surface area contributed by atoms with E-state index >= 15 is 0 Å². The number of ether oxygens (including phenoxy) is 1. The van der Waals surface area contributed by atoms with Crippen LogP contribution in [0.25, 0.3) is 5.57 Å². The van der Waals surface area contributed by atoms with E-state index in [4.69, 9.17) is 4.74 Å². The second-order valence-corrected chi connectivity index (χ2v) is 12.0. The van der Waals surface area contributed by atoms with Gasteiger partial charge in [0.1, 0.15) is 17.4 Å². The first kappa shape index (κ1) is 31.3. The number of halogens is 2. The Balaban J connectivity index is 1.19. The lowest BCUT2D eigenvalue weighted by Crippen LogP contribution is -2.53. The summed E-state index contributed by atoms with van der Waals surface area (Å²) >= 11 is 0. The summed E-state index contributed by atoms with van der Waals surface area (Å²) in [5.41, 5.74) is 4.43. The number of hydrogen-bond donors (Lipinski definition) is 0. The zero-order valence-electron chi connectivity index (χ0n) is 25.9. The van der Waals surface area contributed by atoms with Gasteiger partial charge >= 0.3 is 0 Å². The van der Waals surface area contributed by atoms with Crippen molar-refractivity contribution in [3.05, 3.63) is 107 Å². The fourth-order valence-electron chi connectivity index (χ4n) is 6.32. The molecule has 43 heavy (non-hydrogen) atoms. The van der Waals surface area contributed by atoms with Crippen molar-refractivity contribution >= 4 is 5.57 Å². The van der Waals surface area contributed by atoms with Gasteiger partial charge in [-0.15, -0.1) is 0 Å². The third-order valence-corrected chi connectivity index (χ3v) is 9.02. The topological polar surface area (TPSA) is 22.2 Å². The Hall–Kier alpha value is -3.10. The van der Waals surface area contributed by atoms with E-state index < -0.39 is 0 Å². The van der Waals surface area contributed by atoms with Gasteiger partial charge in [-0.2, -0.15) is 0 Å². The molecule has 0 radical (unpaired) electrons. The largest absolute Gasteiger partial charge is 0.497 e. The Bertz CT molecular complexity index is 1290. The number of piperazine rings is 2. The van der Waals surface area contributed by atoms with Gasteiger partial charge in [-0.3, -0.25) is 14.7 Å². The molecule has 3 aromatic rings. The minimum Gasteiger partial charge on any atom is -0.497 e. The summed E-state index contributed by atoms with van der Waals surface area (Å²) in [4.78, 5) is 10.3. The van der Waals surface area contributed by atoms with Crippen LogP contribution in [0.4, 0.5) is 8.78 Å². The van der Waals surface area contributed by atoms with E-state index in [1.165, 1.54) is 17.7 Å². The Morgan fingerprint density at radius 1 is 0.698 bits per heavy atom. The summed E-state index contributed by atoms with van der Waals surface area (Å²) in [7, 11) is 1.67. The molecule has 3 aromatic carbocycles. The van der Waals surface area contributed by atoms with Crippen molar-refractivity contribution in [2.24, 2.45) is 0 Å². The first-order valence-electron chi connectivity index (χ1n) is 15.7. The van der Waals surface area contributed by atoms with E-state index in [2.05, 4.69) is 51.7 Å². The number of methoxy groups -OCH3 is 1. The highest BCUT2D eigenvalue weighted by Gasteiger charge is 2.29. The number of nitrogens with zero attached hydrogens (tertiary/aromatic N) is 4. The highest BCUT2D eigenvalue weighted by molar-refractivity contribution is 5.80. The number of rotatable bonds is 11. The first-order chi connectivity index (χ1) is 20.9. The fraction of sp³-hybridized carbons (Fsp3) is 0.444. The van der Waals surface area contributed by atoms with Gasteiger partial charge in [0, 0.05) is 77.5 Å². The average Bonchev–Trinajstić information content (AvgIpc) is 3.04. The van der Waals surface area contributed by atoms with Crippen LogP contribution in [0.15, 0.2) is 78.9 Å². The van der Waals surface area contributed by atoms with Gasteiger partial charge in [0.15, 0.2) is 0 Å². The summed E-state index contributed by atoms with van der Waals surface area (Å²) in [5.74, 6) is 0.416. The van der Waals surface area contributed by atoms with Crippen LogP contribution in [-0.2, 0) is 0 Å². The first-order valence-corrected chi connectivity index (χ1v) is 15.7. The second kappa shape index (κ2) is 15.1. The second-order valence-electron chi connectivity index (χ2n) is 12.0. The molecule has 0 aromatic heterocycles. The van der Waals surface area contributed by atoms with Gasteiger partial charge in [-0.25, -0.2) is 8.78 Å². The van der Waals surface area contributed by atoms with Crippen LogP contribution in [0.3, 0.4) is 0 Å². The van der Waals surface area contributed by atoms with Crippen LogP contribution in [0.5, 0.6) is 5.75 Å². The molecule has 2 aliphatic heterocycles. The molecule has 0 bridgehead atoms. The summed E-state index contributed by atoms with van der Waals surface area (Å²) < 4.78 is 32.8. The average molecular weight is 589 g/mol. The quantitative estimate of drug-likeness (QED) is 0.266. The van der Waals surface area contributed by atoms with E-state index in [-0.39, 0.29) is 17.7 Å². The maximum atomic E-state index is 13.8. The molecule has 0 aliphatic carbocycles. The van der Waals surface area contributed by atoms with E-state index in [0.29, 0.717) is 6.04 Å². The fourth-order valence-corrected chi connectivity index (χ4v) is 6.32. The van der Waals surface area contributed by atoms with E-state index in [9.17, 15) is 8.78 Å². The lowest BCUT2D eigenvalue weighted by atomic mass is 9.96. The van der Waals surface area contributed by atoms with Gasteiger partial charge in [-0.05, 0) is 78.9 Å². The molecule has 0 amide bonds. The SMILES string of the molecule is COc1ccc(/C(=C\CCN2CCN(CC(c3ccc(F)cc3)N3CCN(C(C)C)CC3)CC2)c2ccc(F)cc2)cc1. The predicted octanol–water partition coefficient (Wildman–Crippen LogP) is 6.18. The number of benzene rings is 3. The molecule has 2 aliphatic rings. The number of hydrogen-bond acceptors (Lipinski definition) is 5. The molecule has 1 unspecified atom stereocenters. The zero-order chi connectivity index (χ0) is 30.2. The molecule has 2 fully saturated rings. The van der Waals surface area contributed by atoms with Crippen molar-refractivity contribution < 1.29 is 13.5 Å². The van der Waals surface area contributed by atoms with E-state index in [1.807, 2.05) is 36.4 Å². The molecule has 5 rings (SSSR count). The third kappa shape index (κ3) is 8.51. The lowest BCUT2D eigenvalue weighted by Gasteiger charge is -2.43. The highest BCUT2D eigenvalue weighted by atomic mass is 19.1. The summed E-state index contributed by atoms with van der Waals surface area (Å²) in [6.07, 6.45) is 3.19. The molecule has 0 spiro atoms.